The first kappa shape index (κ1) is 14.7. The van der Waals surface area contributed by atoms with Crippen molar-refractivity contribution in [1.29, 1.82) is 0 Å². The van der Waals surface area contributed by atoms with Crippen molar-refractivity contribution in [2.75, 3.05) is 12.4 Å². The van der Waals surface area contributed by atoms with E-state index in [0.29, 0.717) is 12.4 Å². The van der Waals surface area contributed by atoms with E-state index in [2.05, 4.69) is 17.1 Å². The van der Waals surface area contributed by atoms with Gasteiger partial charge in [-0.15, -0.1) is 0 Å². The quantitative estimate of drug-likeness (QED) is 0.653. The van der Waals surface area contributed by atoms with E-state index in [0.717, 1.165) is 10.5 Å². The normalized spacial score (nSPS) is 11.5. The van der Waals surface area contributed by atoms with E-state index < -0.39 is 10.8 Å². The lowest BCUT2D eigenvalue weighted by molar-refractivity contribution is 0.413. The molecule has 2 nitrogen and oxygen atoms in total. The van der Waals surface area contributed by atoms with Crippen LogP contribution < -0.4 is 0 Å². The van der Waals surface area contributed by atoms with E-state index in [1.54, 1.807) is 0 Å². The van der Waals surface area contributed by atoms with Crippen molar-refractivity contribution < 1.29 is 8.39 Å². The molecule has 0 aliphatic heterocycles. The van der Waals surface area contributed by atoms with Crippen LogP contribution in [0.4, 0.5) is 0 Å². The van der Waals surface area contributed by atoms with E-state index in [1.807, 2.05) is 45.0 Å². The molecule has 0 heterocycles. The average Bonchev–Trinajstić information content (AvgIpc) is 2.28. The molecule has 0 spiro atoms. The van der Waals surface area contributed by atoms with Gasteiger partial charge in [0.15, 0.2) is 0 Å². The first-order valence-corrected chi connectivity index (χ1v) is 6.64. The Morgan fingerprint density at radius 2 is 2.07 bits per heavy atom. The highest BCUT2D eigenvalue weighted by atomic mass is 32.2. The van der Waals surface area contributed by atoms with Gasteiger partial charge in [0.25, 0.3) is 0 Å². The fraction of sp³-hybridized carbons (Fsp3) is 0.455. The monoisotopic (exact) mass is 246 g/mol. The molecule has 1 aromatic carbocycles. The maximum Gasteiger partial charge on any atom is 0.0729 e. The molecule has 0 saturated carbocycles. The molecule has 4 heteroatoms. The molecule has 1 atom stereocenters. The second-order valence-electron chi connectivity index (χ2n) is 2.70. The third-order valence-electron chi connectivity index (χ3n) is 1.61. The topological polar surface area (TPSA) is 26.3 Å². The van der Waals surface area contributed by atoms with Crippen LogP contribution in [0.15, 0.2) is 29.2 Å². The van der Waals surface area contributed by atoms with E-state index in [9.17, 15) is 4.21 Å². The van der Waals surface area contributed by atoms with Crippen LogP contribution in [0, 0.1) is 6.92 Å². The highest BCUT2D eigenvalue weighted by molar-refractivity contribution is 7.85. The van der Waals surface area contributed by atoms with E-state index >= 15 is 0 Å². The third kappa shape index (κ3) is 5.97. The Hall–Kier alpha value is -0.320. The van der Waals surface area contributed by atoms with Gasteiger partial charge in [0, 0.05) is 4.90 Å². The molecule has 0 radical (unpaired) electrons. The summed E-state index contributed by atoms with van der Waals surface area (Å²) >= 11 is 3.59. The van der Waals surface area contributed by atoms with Crippen LogP contribution in [0.2, 0.25) is 0 Å². The van der Waals surface area contributed by atoms with Crippen molar-refractivity contribution in [2.45, 2.75) is 25.7 Å². The molecule has 0 N–H and O–H groups in total. The molecule has 86 valence electrons. The smallest absolute Gasteiger partial charge is 0.0729 e. The molecule has 15 heavy (non-hydrogen) atoms. The number of thiol groups is 1. The average molecular weight is 246 g/mol. The van der Waals surface area contributed by atoms with Crippen molar-refractivity contribution in [3.63, 3.8) is 0 Å². The Morgan fingerprint density at radius 3 is 2.60 bits per heavy atom. The van der Waals surface area contributed by atoms with Crippen molar-refractivity contribution in [3.8, 4) is 0 Å². The zero-order valence-electron chi connectivity index (χ0n) is 9.40. The standard InChI is InChI=1S/C9H12O2S2.C2H6/c1-8-3-2-4-9(7-8)13(10)6-5-11-12;1-2/h2-4,7,12H,5-6H2,1H3;1-2H3. The van der Waals surface area contributed by atoms with Crippen molar-refractivity contribution in [1.82, 2.24) is 0 Å². The maximum atomic E-state index is 11.6. The number of hydrogen-bond acceptors (Lipinski definition) is 3. The van der Waals surface area contributed by atoms with Crippen molar-refractivity contribution in [3.05, 3.63) is 29.8 Å². The summed E-state index contributed by atoms with van der Waals surface area (Å²) in [7, 11) is -0.967. The summed E-state index contributed by atoms with van der Waals surface area (Å²) in [6.07, 6.45) is 0. The van der Waals surface area contributed by atoms with Crippen LogP contribution in [-0.4, -0.2) is 16.6 Å². The van der Waals surface area contributed by atoms with Crippen LogP contribution in [0.5, 0.6) is 0 Å². The number of benzene rings is 1. The summed E-state index contributed by atoms with van der Waals surface area (Å²) < 4.78 is 16.1. The summed E-state index contributed by atoms with van der Waals surface area (Å²) in [5.74, 6) is 0.493. The maximum absolute atomic E-state index is 11.6. The van der Waals surface area contributed by atoms with Crippen LogP contribution in [0.25, 0.3) is 0 Å². The molecule has 0 bridgehead atoms. The molecule has 0 saturated heterocycles. The van der Waals surface area contributed by atoms with Gasteiger partial charge in [-0.3, -0.25) is 4.21 Å². The minimum absolute atomic E-state index is 0.406. The molecule has 0 aliphatic rings. The number of aryl methyl sites for hydroxylation is 1. The van der Waals surface area contributed by atoms with Gasteiger partial charge in [0.2, 0.25) is 0 Å². The van der Waals surface area contributed by atoms with Crippen LogP contribution in [0.3, 0.4) is 0 Å². The SMILES string of the molecule is CC.Cc1cccc(S(=O)CCOS)c1. The van der Waals surface area contributed by atoms with Gasteiger partial charge in [-0.1, -0.05) is 26.0 Å². The second kappa shape index (κ2) is 8.95. The molecule has 0 aliphatic carbocycles. The Labute approximate surface area is 100 Å². The number of rotatable bonds is 4. The van der Waals surface area contributed by atoms with Gasteiger partial charge in [-0.2, -0.15) is 0 Å². The summed E-state index contributed by atoms with van der Waals surface area (Å²) in [6.45, 7) is 6.39. The summed E-state index contributed by atoms with van der Waals surface area (Å²) in [5.41, 5.74) is 1.12. The van der Waals surface area contributed by atoms with Gasteiger partial charge < -0.3 is 4.18 Å². The van der Waals surface area contributed by atoms with Crippen molar-refractivity contribution >= 4 is 23.7 Å². The Kier molecular flexibility index (Phi) is 8.76. The number of hydrogen-bond donors (Lipinski definition) is 1. The first-order chi connectivity index (χ1) is 7.24. The Morgan fingerprint density at radius 1 is 1.40 bits per heavy atom. The third-order valence-corrected chi connectivity index (χ3v) is 3.11. The van der Waals surface area contributed by atoms with E-state index in [-0.39, 0.29) is 0 Å². The van der Waals surface area contributed by atoms with Gasteiger partial charge in [-0.25, -0.2) is 0 Å². The van der Waals surface area contributed by atoms with Gasteiger partial charge >= 0.3 is 0 Å². The van der Waals surface area contributed by atoms with Gasteiger partial charge in [0.1, 0.15) is 0 Å². The predicted octanol–water partition coefficient (Wildman–Crippen LogP) is 2.99. The lowest BCUT2D eigenvalue weighted by Crippen LogP contribution is -2.02. The predicted molar refractivity (Wildman–Crippen MR) is 68.7 cm³/mol. The zero-order chi connectivity index (χ0) is 11.7. The van der Waals surface area contributed by atoms with Crippen LogP contribution in [-0.2, 0) is 15.0 Å². The minimum atomic E-state index is -0.967. The van der Waals surface area contributed by atoms with Crippen LogP contribution in [0.1, 0.15) is 19.4 Å². The minimum Gasteiger partial charge on any atom is -0.318 e. The van der Waals surface area contributed by atoms with Gasteiger partial charge in [0.05, 0.1) is 23.2 Å². The lowest BCUT2D eigenvalue weighted by Gasteiger charge is -2.01. The molecule has 1 aromatic rings. The van der Waals surface area contributed by atoms with Crippen LogP contribution >= 0.6 is 12.9 Å². The molecular formula is C11H18O2S2. The second-order valence-corrected chi connectivity index (χ2v) is 4.53. The largest absolute Gasteiger partial charge is 0.318 e. The highest BCUT2D eigenvalue weighted by Gasteiger charge is 2.02. The summed E-state index contributed by atoms with van der Waals surface area (Å²) in [5, 5.41) is 0. The zero-order valence-corrected chi connectivity index (χ0v) is 11.1. The molecule has 0 aromatic heterocycles. The van der Waals surface area contributed by atoms with E-state index in [1.165, 1.54) is 0 Å². The van der Waals surface area contributed by atoms with Crippen molar-refractivity contribution in [2.24, 2.45) is 0 Å². The van der Waals surface area contributed by atoms with E-state index in [4.69, 9.17) is 0 Å². The summed E-state index contributed by atoms with van der Waals surface area (Å²) in [4.78, 5) is 0.852. The Bertz CT molecular complexity index is 300. The fourth-order valence-corrected chi connectivity index (χ4v) is 2.22. The molecule has 1 unspecified atom stereocenters. The first-order valence-electron chi connectivity index (χ1n) is 4.95. The Balaban J connectivity index is 0.000000921. The highest BCUT2D eigenvalue weighted by Crippen LogP contribution is 2.09. The molecule has 0 amide bonds. The lowest BCUT2D eigenvalue weighted by atomic mass is 10.2. The van der Waals surface area contributed by atoms with Gasteiger partial charge in [-0.05, 0) is 37.5 Å². The molecule has 1 rings (SSSR count). The fourth-order valence-electron chi connectivity index (χ4n) is 0.988. The molecular weight excluding hydrogens is 228 g/mol. The summed E-state index contributed by atoms with van der Waals surface area (Å²) in [6, 6.07) is 7.68. The molecule has 0 fully saturated rings.